The van der Waals surface area contributed by atoms with Crippen molar-refractivity contribution in [2.45, 2.75) is 52.3 Å². The van der Waals surface area contributed by atoms with Crippen LogP contribution in [0.1, 0.15) is 44.9 Å². The number of hydrogen-bond donors (Lipinski definition) is 3. The Morgan fingerprint density at radius 1 is 0.972 bits per heavy atom. The SMILES string of the molecule is Cc1cccc(C(C(=O)Nc2ccc3ccccc3c2)N(C)C(=O)C(C)NC(=O)OC(C)(C)C)c1O. The maximum absolute atomic E-state index is 13.6. The molecule has 2 atom stereocenters. The molecule has 2 unspecified atom stereocenters. The number of phenols is 1. The number of aromatic hydroxyl groups is 1. The van der Waals surface area contributed by atoms with Crippen LogP contribution in [0.25, 0.3) is 10.8 Å². The van der Waals surface area contributed by atoms with E-state index in [4.69, 9.17) is 4.74 Å². The summed E-state index contributed by atoms with van der Waals surface area (Å²) in [7, 11) is 1.46. The summed E-state index contributed by atoms with van der Waals surface area (Å²) in [5.41, 5.74) is 0.663. The Morgan fingerprint density at radius 3 is 2.31 bits per heavy atom. The molecule has 0 heterocycles. The number of rotatable bonds is 6. The van der Waals surface area contributed by atoms with Crippen molar-refractivity contribution in [3.63, 3.8) is 0 Å². The van der Waals surface area contributed by atoms with E-state index >= 15 is 0 Å². The molecule has 3 aromatic rings. The average Bonchev–Trinajstić information content (AvgIpc) is 2.80. The minimum Gasteiger partial charge on any atom is -0.507 e. The fourth-order valence-electron chi connectivity index (χ4n) is 3.88. The van der Waals surface area contributed by atoms with Gasteiger partial charge in [-0.25, -0.2) is 4.79 Å². The summed E-state index contributed by atoms with van der Waals surface area (Å²) in [5, 5.41) is 18.1. The zero-order valence-electron chi connectivity index (χ0n) is 21.5. The summed E-state index contributed by atoms with van der Waals surface area (Å²) < 4.78 is 5.24. The van der Waals surface area contributed by atoms with Crippen molar-refractivity contribution in [2.75, 3.05) is 12.4 Å². The van der Waals surface area contributed by atoms with Gasteiger partial charge < -0.3 is 25.4 Å². The minimum absolute atomic E-state index is 0.0800. The van der Waals surface area contributed by atoms with Gasteiger partial charge in [-0.3, -0.25) is 9.59 Å². The molecule has 190 valence electrons. The van der Waals surface area contributed by atoms with Crippen molar-refractivity contribution in [3.05, 3.63) is 71.8 Å². The number of para-hydroxylation sites is 1. The Labute approximate surface area is 211 Å². The predicted octanol–water partition coefficient (Wildman–Crippen LogP) is 4.91. The minimum atomic E-state index is -1.16. The molecule has 36 heavy (non-hydrogen) atoms. The molecular formula is C28H33N3O5. The molecule has 0 aliphatic heterocycles. The maximum Gasteiger partial charge on any atom is 0.408 e. The highest BCUT2D eigenvalue weighted by atomic mass is 16.6. The Bertz CT molecular complexity index is 1280. The summed E-state index contributed by atoms with van der Waals surface area (Å²) >= 11 is 0. The Balaban J connectivity index is 1.90. The molecule has 0 aliphatic rings. The van der Waals surface area contributed by atoms with Crippen LogP contribution in [-0.2, 0) is 14.3 Å². The number of likely N-dealkylation sites (N-methyl/N-ethyl adjacent to an activating group) is 1. The van der Waals surface area contributed by atoms with E-state index in [-0.39, 0.29) is 11.3 Å². The summed E-state index contributed by atoms with van der Waals surface area (Å²) in [6.07, 6.45) is -0.743. The molecule has 0 spiro atoms. The molecular weight excluding hydrogens is 458 g/mol. The van der Waals surface area contributed by atoms with E-state index in [1.165, 1.54) is 18.9 Å². The highest BCUT2D eigenvalue weighted by Crippen LogP contribution is 2.32. The van der Waals surface area contributed by atoms with Gasteiger partial charge in [0.15, 0.2) is 0 Å². The van der Waals surface area contributed by atoms with E-state index < -0.39 is 35.6 Å². The summed E-state index contributed by atoms with van der Waals surface area (Å²) in [6, 6.07) is 16.2. The molecule has 0 saturated heterocycles. The fourth-order valence-corrected chi connectivity index (χ4v) is 3.88. The van der Waals surface area contributed by atoms with Crippen LogP contribution >= 0.6 is 0 Å². The first-order valence-corrected chi connectivity index (χ1v) is 11.7. The highest BCUT2D eigenvalue weighted by molar-refractivity contribution is 6.00. The molecule has 3 aromatic carbocycles. The Hall–Kier alpha value is -4.07. The number of anilines is 1. The lowest BCUT2D eigenvalue weighted by molar-refractivity contribution is -0.138. The van der Waals surface area contributed by atoms with Gasteiger partial charge in [0.05, 0.1) is 0 Å². The Morgan fingerprint density at radius 2 is 1.64 bits per heavy atom. The van der Waals surface area contributed by atoms with Crippen LogP contribution in [-0.4, -0.2) is 46.6 Å². The number of benzene rings is 3. The van der Waals surface area contributed by atoms with Crippen molar-refractivity contribution in [1.82, 2.24) is 10.2 Å². The van der Waals surface area contributed by atoms with Crippen molar-refractivity contribution in [2.24, 2.45) is 0 Å². The van der Waals surface area contributed by atoms with Crippen molar-refractivity contribution < 1.29 is 24.2 Å². The molecule has 0 aromatic heterocycles. The normalized spacial score (nSPS) is 12.9. The van der Waals surface area contributed by atoms with Gasteiger partial charge >= 0.3 is 6.09 Å². The number of fused-ring (bicyclic) bond motifs is 1. The van der Waals surface area contributed by atoms with E-state index in [9.17, 15) is 19.5 Å². The highest BCUT2D eigenvalue weighted by Gasteiger charge is 2.34. The molecule has 0 bridgehead atoms. The number of phenolic OH excluding ortho intramolecular Hbond substituents is 1. The van der Waals surface area contributed by atoms with Crippen LogP contribution in [0, 0.1) is 6.92 Å². The fraction of sp³-hybridized carbons (Fsp3) is 0.321. The zero-order chi connectivity index (χ0) is 26.6. The number of aryl methyl sites for hydroxylation is 1. The summed E-state index contributed by atoms with van der Waals surface area (Å²) in [4.78, 5) is 40.3. The van der Waals surface area contributed by atoms with Crippen molar-refractivity contribution in [3.8, 4) is 5.75 Å². The number of alkyl carbamates (subject to hydrolysis) is 1. The van der Waals surface area contributed by atoms with Gasteiger partial charge in [0.25, 0.3) is 5.91 Å². The quantitative estimate of drug-likeness (QED) is 0.454. The van der Waals surface area contributed by atoms with E-state index in [1.54, 1.807) is 52.0 Å². The van der Waals surface area contributed by atoms with Gasteiger partial charge in [-0.2, -0.15) is 0 Å². The van der Waals surface area contributed by atoms with Gasteiger partial charge in [-0.15, -0.1) is 0 Å². The third-order valence-electron chi connectivity index (χ3n) is 5.67. The lowest BCUT2D eigenvalue weighted by atomic mass is 9.99. The van der Waals surface area contributed by atoms with Gasteiger partial charge in [-0.1, -0.05) is 48.5 Å². The second-order valence-electron chi connectivity index (χ2n) is 9.78. The lowest BCUT2D eigenvalue weighted by Gasteiger charge is -2.31. The molecule has 0 radical (unpaired) electrons. The first-order valence-electron chi connectivity index (χ1n) is 11.7. The number of ether oxygens (including phenoxy) is 1. The van der Waals surface area contributed by atoms with Gasteiger partial charge in [0.2, 0.25) is 5.91 Å². The predicted molar refractivity (Wildman–Crippen MR) is 140 cm³/mol. The van der Waals surface area contributed by atoms with E-state index in [0.717, 1.165) is 10.8 Å². The lowest BCUT2D eigenvalue weighted by Crippen LogP contribution is -2.49. The van der Waals surface area contributed by atoms with E-state index in [1.807, 2.05) is 36.4 Å². The van der Waals surface area contributed by atoms with E-state index in [0.29, 0.717) is 11.3 Å². The number of amides is 3. The monoisotopic (exact) mass is 491 g/mol. The van der Waals surface area contributed by atoms with Crippen LogP contribution in [0.5, 0.6) is 5.75 Å². The van der Waals surface area contributed by atoms with Crippen molar-refractivity contribution in [1.29, 1.82) is 0 Å². The third kappa shape index (κ3) is 6.33. The zero-order valence-corrected chi connectivity index (χ0v) is 21.5. The van der Waals surface area contributed by atoms with Crippen molar-refractivity contribution >= 4 is 34.4 Å². The van der Waals surface area contributed by atoms with Crippen LogP contribution in [0.15, 0.2) is 60.7 Å². The van der Waals surface area contributed by atoms with Gasteiger partial charge in [0, 0.05) is 18.3 Å². The molecule has 3 rings (SSSR count). The standard InChI is InChI=1S/C28H33N3O5/c1-17-10-9-13-22(24(17)32)23(31(6)26(34)18(2)29-27(35)36-28(3,4)5)25(33)30-21-15-14-19-11-7-8-12-20(19)16-21/h7-16,18,23,32H,1-6H3,(H,29,35)(H,30,33). The van der Waals surface area contributed by atoms with E-state index in [2.05, 4.69) is 10.6 Å². The van der Waals surface area contributed by atoms with Crippen LogP contribution in [0.3, 0.4) is 0 Å². The van der Waals surface area contributed by atoms with Gasteiger partial charge in [-0.05, 0) is 63.1 Å². The molecule has 3 amide bonds. The summed E-state index contributed by atoms with van der Waals surface area (Å²) in [5.74, 6) is -1.12. The molecule has 8 heteroatoms. The summed E-state index contributed by atoms with van der Waals surface area (Å²) in [6.45, 7) is 8.39. The van der Waals surface area contributed by atoms with Gasteiger partial charge in [0.1, 0.15) is 23.4 Å². The smallest absolute Gasteiger partial charge is 0.408 e. The first kappa shape index (κ1) is 26.5. The largest absolute Gasteiger partial charge is 0.507 e. The second-order valence-corrected chi connectivity index (χ2v) is 9.78. The number of nitrogens with one attached hydrogen (secondary N) is 2. The van der Waals surface area contributed by atoms with Crippen LogP contribution in [0.2, 0.25) is 0 Å². The number of hydrogen-bond acceptors (Lipinski definition) is 5. The third-order valence-corrected chi connectivity index (χ3v) is 5.67. The number of carbonyl (C=O) groups excluding carboxylic acids is 3. The molecule has 3 N–H and O–H groups in total. The molecule has 0 saturated carbocycles. The number of carbonyl (C=O) groups is 3. The Kier molecular flexibility index (Phi) is 7.87. The molecule has 0 aliphatic carbocycles. The first-order chi connectivity index (χ1) is 16.9. The van der Waals surface area contributed by atoms with Crippen LogP contribution in [0.4, 0.5) is 10.5 Å². The maximum atomic E-state index is 13.6. The topological polar surface area (TPSA) is 108 Å². The molecule has 0 fully saturated rings. The van der Waals surface area contributed by atoms with Crippen LogP contribution < -0.4 is 10.6 Å². The number of nitrogens with zero attached hydrogens (tertiary/aromatic N) is 1. The average molecular weight is 492 g/mol. The second kappa shape index (κ2) is 10.7. The molecule has 8 nitrogen and oxygen atoms in total.